The number of carbonyl (C=O) groups excluding carboxylic acids is 2. The number of carbonyl (C=O) groups is 2. The maximum absolute atomic E-state index is 11.9. The summed E-state index contributed by atoms with van der Waals surface area (Å²) in [5.41, 5.74) is 11.2. The van der Waals surface area contributed by atoms with E-state index in [2.05, 4.69) is 15.0 Å². The number of esters is 2. The molecule has 2 rings (SSSR count). The van der Waals surface area contributed by atoms with Crippen molar-refractivity contribution in [3.8, 4) is 0 Å². The van der Waals surface area contributed by atoms with Crippen LogP contribution in [0.15, 0.2) is 11.1 Å². The molecule has 2 heterocycles. The number of H-pyrrole nitrogens is 1. The third-order valence-electron chi connectivity index (χ3n) is 4.04. The van der Waals surface area contributed by atoms with Gasteiger partial charge in [-0.15, -0.1) is 0 Å². The standard InChI is InChI=1S/C17H26N6O5/c1-3-4-12(24)27-7-11(8-28-16(26)10(2)18)5-6-23-9-20-13-14(23)21-17(19)22-15(13)25/h9-11H,3-8,18H2,1-2H3,(H3,19,21,22,25)/t10-,11?/m0/s1. The van der Waals surface area contributed by atoms with Crippen molar-refractivity contribution in [3.63, 3.8) is 0 Å². The Labute approximate surface area is 161 Å². The molecule has 0 aliphatic heterocycles. The zero-order valence-corrected chi connectivity index (χ0v) is 16.0. The van der Waals surface area contributed by atoms with Gasteiger partial charge < -0.3 is 25.5 Å². The van der Waals surface area contributed by atoms with Crippen molar-refractivity contribution in [2.75, 3.05) is 18.9 Å². The number of anilines is 1. The number of aromatic amines is 1. The second-order valence-electron chi connectivity index (χ2n) is 6.57. The molecular formula is C17H26N6O5. The molecule has 0 amide bonds. The Balaban J connectivity index is 2.05. The van der Waals surface area contributed by atoms with Crippen LogP contribution in [0, 0.1) is 5.92 Å². The number of rotatable bonds is 10. The highest BCUT2D eigenvalue weighted by Gasteiger charge is 2.18. The van der Waals surface area contributed by atoms with Crippen LogP contribution in [0.25, 0.3) is 11.2 Å². The number of aryl methyl sites for hydroxylation is 1. The second kappa shape index (κ2) is 9.83. The van der Waals surface area contributed by atoms with Crippen LogP contribution in [0.4, 0.5) is 5.95 Å². The summed E-state index contributed by atoms with van der Waals surface area (Å²) in [5.74, 6) is -1.09. The fraction of sp³-hybridized carbons (Fsp3) is 0.588. The van der Waals surface area contributed by atoms with Gasteiger partial charge in [0.1, 0.15) is 6.04 Å². The average Bonchev–Trinajstić information content (AvgIpc) is 3.04. The molecule has 0 radical (unpaired) electrons. The second-order valence-corrected chi connectivity index (χ2v) is 6.57. The molecule has 2 aromatic heterocycles. The van der Waals surface area contributed by atoms with E-state index >= 15 is 0 Å². The third kappa shape index (κ3) is 5.78. The van der Waals surface area contributed by atoms with E-state index in [0.29, 0.717) is 31.5 Å². The third-order valence-corrected chi connectivity index (χ3v) is 4.04. The molecule has 2 atom stereocenters. The van der Waals surface area contributed by atoms with Crippen LogP contribution in [0.1, 0.15) is 33.1 Å². The summed E-state index contributed by atoms with van der Waals surface area (Å²) in [4.78, 5) is 45.7. The quantitative estimate of drug-likeness (QED) is 0.467. The van der Waals surface area contributed by atoms with Crippen LogP contribution in [-0.2, 0) is 25.6 Å². The lowest BCUT2D eigenvalue weighted by Crippen LogP contribution is -2.31. The highest BCUT2D eigenvalue weighted by atomic mass is 16.5. The van der Waals surface area contributed by atoms with E-state index in [1.165, 1.54) is 13.3 Å². The van der Waals surface area contributed by atoms with E-state index < -0.39 is 17.6 Å². The first-order valence-electron chi connectivity index (χ1n) is 9.10. The average molecular weight is 394 g/mol. The molecule has 28 heavy (non-hydrogen) atoms. The van der Waals surface area contributed by atoms with Gasteiger partial charge in [0.15, 0.2) is 11.2 Å². The number of aromatic nitrogens is 4. The topological polar surface area (TPSA) is 168 Å². The molecule has 0 saturated heterocycles. The summed E-state index contributed by atoms with van der Waals surface area (Å²) in [6, 6.07) is -0.736. The number of nitrogens with two attached hydrogens (primary N) is 2. The molecule has 0 spiro atoms. The minimum absolute atomic E-state index is 0.00448. The molecule has 154 valence electrons. The molecule has 0 aliphatic carbocycles. The lowest BCUT2D eigenvalue weighted by molar-refractivity contribution is -0.149. The van der Waals surface area contributed by atoms with Gasteiger partial charge in [0.25, 0.3) is 5.56 Å². The molecule has 5 N–H and O–H groups in total. The first-order valence-corrected chi connectivity index (χ1v) is 9.10. The maximum atomic E-state index is 11.9. The van der Waals surface area contributed by atoms with Gasteiger partial charge in [0.05, 0.1) is 19.5 Å². The predicted molar refractivity (Wildman–Crippen MR) is 101 cm³/mol. The number of nitrogen functional groups attached to an aromatic ring is 1. The van der Waals surface area contributed by atoms with Crippen molar-refractivity contribution >= 4 is 29.1 Å². The molecule has 0 fully saturated rings. The van der Waals surface area contributed by atoms with Gasteiger partial charge in [-0.25, -0.2) is 4.98 Å². The molecule has 11 nitrogen and oxygen atoms in total. The van der Waals surface area contributed by atoms with Crippen LogP contribution in [-0.4, -0.2) is 50.7 Å². The Morgan fingerprint density at radius 2 is 2.04 bits per heavy atom. The Bertz CT molecular complexity index is 875. The van der Waals surface area contributed by atoms with Gasteiger partial charge >= 0.3 is 11.9 Å². The van der Waals surface area contributed by atoms with Gasteiger partial charge in [0, 0.05) is 18.9 Å². The van der Waals surface area contributed by atoms with Gasteiger partial charge in [-0.2, -0.15) is 4.98 Å². The first kappa shape index (κ1) is 21.4. The highest BCUT2D eigenvalue weighted by molar-refractivity contribution is 5.74. The number of nitrogens with zero attached hydrogens (tertiary/aromatic N) is 3. The number of nitrogens with one attached hydrogen (secondary N) is 1. The summed E-state index contributed by atoms with van der Waals surface area (Å²) in [5, 5.41) is 0. The van der Waals surface area contributed by atoms with Crippen LogP contribution in [0.5, 0.6) is 0 Å². The Morgan fingerprint density at radius 3 is 2.71 bits per heavy atom. The Hall–Kier alpha value is -2.95. The molecule has 11 heteroatoms. The van der Waals surface area contributed by atoms with Crippen LogP contribution in [0.2, 0.25) is 0 Å². The number of imidazole rings is 1. The van der Waals surface area contributed by atoms with Crippen LogP contribution < -0.4 is 17.0 Å². The van der Waals surface area contributed by atoms with Crippen molar-refractivity contribution < 1.29 is 19.1 Å². The summed E-state index contributed by atoms with van der Waals surface area (Å²) < 4.78 is 12.1. The number of fused-ring (bicyclic) bond motifs is 1. The van der Waals surface area contributed by atoms with E-state index in [0.717, 1.165) is 0 Å². The largest absolute Gasteiger partial charge is 0.465 e. The molecular weight excluding hydrogens is 368 g/mol. The molecule has 0 aliphatic rings. The SMILES string of the molecule is CCCC(=O)OCC(CCn1cnc2c(=O)[nH]c(N)nc21)COC(=O)[C@H](C)N. The van der Waals surface area contributed by atoms with Crippen molar-refractivity contribution in [2.45, 2.75) is 45.7 Å². The van der Waals surface area contributed by atoms with E-state index in [1.54, 1.807) is 4.57 Å². The lowest BCUT2D eigenvalue weighted by Gasteiger charge is -2.18. The lowest BCUT2D eigenvalue weighted by atomic mass is 10.1. The molecule has 0 aromatic carbocycles. The number of hydrogen-bond donors (Lipinski definition) is 3. The summed E-state index contributed by atoms with van der Waals surface area (Å²) in [6.07, 6.45) is 2.99. The van der Waals surface area contributed by atoms with Gasteiger partial charge in [-0.05, 0) is 19.8 Å². The highest BCUT2D eigenvalue weighted by Crippen LogP contribution is 2.13. The predicted octanol–water partition coefficient (Wildman–Crippen LogP) is -0.0582. The molecule has 2 aromatic rings. The number of hydrogen-bond acceptors (Lipinski definition) is 9. The smallest absolute Gasteiger partial charge is 0.322 e. The van der Waals surface area contributed by atoms with E-state index in [1.807, 2.05) is 6.92 Å². The van der Waals surface area contributed by atoms with E-state index in [-0.39, 0.29) is 36.6 Å². The normalized spacial score (nSPS) is 13.2. The van der Waals surface area contributed by atoms with Crippen LogP contribution >= 0.6 is 0 Å². The zero-order valence-electron chi connectivity index (χ0n) is 16.0. The van der Waals surface area contributed by atoms with Gasteiger partial charge in [-0.1, -0.05) is 6.92 Å². The van der Waals surface area contributed by atoms with Crippen molar-refractivity contribution in [1.82, 2.24) is 19.5 Å². The van der Waals surface area contributed by atoms with Gasteiger partial charge in [-0.3, -0.25) is 19.4 Å². The summed E-state index contributed by atoms with van der Waals surface area (Å²) >= 11 is 0. The monoisotopic (exact) mass is 394 g/mol. The zero-order chi connectivity index (χ0) is 20.7. The molecule has 1 unspecified atom stereocenters. The van der Waals surface area contributed by atoms with Crippen molar-refractivity contribution in [1.29, 1.82) is 0 Å². The Morgan fingerprint density at radius 1 is 1.32 bits per heavy atom. The van der Waals surface area contributed by atoms with Crippen LogP contribution in [0.3, 0.4) is 0 Å². The summed E-state index contributed by atoms with van der Waals surface area (Å²) in [7, 11) is 0. The summed E-state index contributed by atoms with van der Waals surface area (Å²) in [6.45, 7) is 3.99. The van der Waals surface area contributed by atoms with Gasteiger partial charge in [0.2, 0.25) is 5.95 Å². The van der Waals surface area contributed by atoms with Crippen molar-refractivity contribution in [2.24, 2.45) is 11.7 Å². The number of ether oxygens (including phenoxy) is 2. The molecule has 0 saturated carbocycles. The van der Waals surface area contributed by atoms with E-state index in [4.69, 9.17) is 20.9 Å². The van der Waals surface area contributed by atoms with Crippen molar-refractivity contribution in [3.05, 3.63) is 16.7 Å². The fourth-order valence-electron chi connectivity index (χ4n) is 2.49. The first-order chi connectivity index (χ1) is 13.3. The van der Waals surface area contributed by atoms with E-state index in [9.17, 15) is 14.4 Å². The molecule has 0 bridgehead atoms. The Kier molecular flexibility index (Phi) is 7.50. The minimum atomic E-state index is -0.736. The fourth-order valence-corrected chi connectivity index (χ4v) is 2.49. The minimum Gasteiger partial charge on any atom is -0.465 e. The maximum Gasteiger partial charge on any atom is 0.322 e.